The van der Waals surface area contributed by atoms with Crippen LogP contribution < -0.4 is 15.4 Å². The standard InChI is InChI=1S/C21H20F2IN8O2P/c1-10-25-9-31(30-10)14-5-3-4-12(17(14)34-2)26-13-8-15(28-21(33)11-6-7-11)27-19-16(13)29-20(18(22)23)32(19)35-24/h3-5,8-9,11,18,35H,6-7H2,1-2H3,(H2,26,27,28,33). The van der Waals surface area contributed by atoms with Gasteiger partial charge in [-0.3, -0.25) is 9.13 Å². The lowest BCUT2D eigenvalue weighted by molar-refractivity contribution is -0.117. The fourth-order valence-corrected chi connectivity index (χ4v) is 5.55. The third-order valence-corrected chi connectivity index (χ3v) is 7.50. The molecule has 5 rings (SSSR count). The molecule has 0 saturated heterocycles. The number of nitrogens with zero attached hydrogens (tertiary/aromatic N) is 6. The average molecular weight is 612 g/mol. The van der Waals surface area contributed by atoms with Crippen LogP contribution in [0.15, 0.2) is 30.6 Å². The van der Waals surface area contributed by atoms with Crippen LogP contribution in [-0.4, -0.2) is 42.1 Å². The number of hydrogen-bond donors (Lipinski definition) is 2. The number of halogens is 3. The Morgan fingerprint density at radius 2 is 2.09 bits per heavy atom. The van der Waals surface area contributed by atoms with Crippen molar-refractivity contribution in [1.82, 2.24) is 29.1 Å². The number of para-hydroxylation sites is 1. The highest BCUT2D eigenvalue weighted by atomic mass is 127. The molecule has 1 fully saturated rings. The molecule has 1 atom stereocenters. The third-order valence-electron chi connectivity index (χ3n) is 5.44. The Bertz CT molecular complexity index is 1420. The fraction of sp³-hybridized carbons (Fsp3) is 0.286. The van der Waals surface area contributed by atoms with Gasteiger partial charge in [0.2, 0.25) is 5.91 Å². The van der Waals surface area contributed by atoms with Gasteiger partial charge in [-0.1, -0.05) is 6.07 Å². The predicted octanol–water partition coefficient (Wildman–Crippen LogP) is 5.15. The van der Waals surface area contributed by atoms with Crippen molar-refractivity contribution in [3.05, 3.63) is 42.2 Å². The monoisotopic (exact) mass is 612 g/mol. The maximum absolute atomic E-state index is 13.8. The van der Waals surface area contributed by atoms with E-state index in [0.717, 1.165) is 12.8 Å². The number of carbonyl (C=O) groups is 1. The van der Waals surface area contributed by atoms with Crippen molar-refractivity contribution in [1.29, 1.82) is 0 Å². The Labute approximate surface area is 213 Å². The smallest absolute Gasteiger partial charge is 0.295 e. The lowest BCUT2D eigenvalue weighted by Crippen LogP contribution is -2.14. The number of imidazole rings is 1. The van der Waals surface area contributed by atoms with E-state index in [1.165, 1.54) is 11.4 Å². The molecule has 1 unspecified atom stereocenters. The van der Waals surface area contributed by atoms with E-state index in [1.54, 1.807) is 36.1 Å². The topological polar surface area (TPSA) is 112 Å². The number of rotatable bonds is 8. The second-order valence-corrected chi connectivity index (χ2v) is 9.96. The van der Waals surface area contributed by atoms with E-state index in [9.17, 15) is 13.6 Å². The lowest BCUT2D eigenvalue weighted by Gasteiger charge is -2.16. The molecular formula is C21H20F2IN8O2P. The van der Waals surface area contributed by atoms with E-state index >= 15 is 0 Å². The summed E-state index contributed by atoms with van der Waals surface area (Å²) in [6, 6.07) is 7.01. The van der Waals surface area contributed by atoms with Crippen LogP contribution in [0.25, 0.3) is 16.9 Å². The van der Waals surface area contributed by atoms with Crippen molar-refractivity contribution in [2.24, 2.45) is 5.92 Å². The highest BCUT2D eigenvalue weighted by Gasteiger charge is 2.30. The summed E-state index contributed by atoms with van der Waals surface area (Å²) in [5.74, 6) is 0.765. The molecule has 1 aliphatic carbocycles. The van der Waals surface area contributed by atoms with Crippen molar-refractivity contribution in [2.45, 2.75) is 26.2 Å². The second kappa shape index (κ2) is 9.61. The summed E-state index contributed by atoms with van der Waals surface area (Å²) in [7, 11) is 1.53. The van der Waals surface area contributed by atoms with Crippen LogP contribution in [0.1, 0.15) is 30.9 Å². The van der Waals surface area contributed by atoms with Crippen molar-refractivity contribution < 1.29 is 18.3 Å². The molecule has 3 aromatic heterocycles. The molecule has 182 valence electrons. The second-order valence-electron chi connectivity index (χ2n) is 7.90. The number of aryl methyl sites for hydroxylation is 1. The van der Waals surface area contributed by atoms with E-state index in [1.807, 2.05) is 28.1 Å². The van der Waals surface area contributed by atoms with Gasteiger partial charge in [0.1, 0.15) is 29.2 Å². The quantitative estimate of drug-likeness (QED) is 0.209. The van der Waals surface area contributed by atoms with E-state index in [-0.39, 0.29) is 41.0 Å². The highest BCUT2D eigenvalue weighted by Crippen LogP contribution is 2.40. The van der Waals surface area contributed by atoms with Gasteiger partial charge in [0.25, 0.3) is 6.43 Å². The number of nitrogens with one attached hydrogen (secondary N) is 2. The molecule has 1 saturated carbocycles. The minimum absolute atomic E-state index is 0.0418. The zero-order valence-electron chi connectivity index (χ0n) is 18.6. The van der Waals surface area contributed by atoms with Crippen LogP contribution in [-0.2, 0) is 4.79 Å². The van der Waals surface area contributed by atoms with Crippen molar-refractivity contribution in [3.63, 3.8) is 0 Å². The summed E-state index contributed by atoms with van der Waals surface area (Å²) in [5.41, 5.74) is 2.11. The molecule has 1 amide bonds. The molecule has 0 bridgehead atoms. The SMILES string of the molecule is COc1c(Nc2cc(NC(=O)C3CC3)nc3c2nc(C(F)F)n3PI)cccc1-n1cnc(C)n1. The van der Waals surface area contributed by atoms with Crippen LogP contribution in [0.2, 0.25) is 0 Å². The summed E-state index contributed by atoms with van der Waals surface area (Å²) >= 11 is 2.01. The van der Waals surface area contributed by atoms with Crippen LogP contribution in [0.5, 0.6) is 5.75 Å². The Balaban J connectivity index is 1.63. The summed E-state index contributed by atoms with van der Waals surface area (Å²) in [5, 5.41) is 10.4. The Kier molecular flexibility index (Phi) is 6.53. The molecule has 0 spiro atoms. The van der Waals surface area contributed by atoms with Crippen LogP contribution in [0.4, 0.5) is 26.0 Å². The van der Waals surface area contributed by atoms with Crippen molar-refractivity contribution in [3.8, 4) is 11.4 Å². The summed E-state index contributed by atoms with van der Waals surface area (Å²) in [6.45, 7) is 1.78. The maximum Gasteiger partial charge on any atom is 0.295 e. The molecule has 3 heterocycles. The van der Waals surface area contributed by atoms with Crippen molar-refractivity contribution >= 4 is 62.7 Å². The predicted molar refractivity (Wildman–Crippen MR) is 138 cm³/mol. The molecule has 1 aromatic carbocycles. The molecule has 2 N–H and O–H groups in total. The van der Waals surface area contributed by atoms with Gasteiger partial charge in [-0.2, -0.15) is 5.10 Å². The zero-order valence-corrected chi connectivity index (χ0v) is 21.7. The molecule has 14 heteroatoms. The number of ether oxygens (including phenoxy) is 1. The number of benzene rings is 1. The summed E-state index contributed by atoms with van der Waals surface area (Å²) in [4.78, 5) is 25.2. The number of carbonyl (C=O) groups excluding carboxylic acids is 1. The molecular weight excluding hydrogens is 592 g/mol. The normalized spacial score (nSPS) is 13.8. The largest absolute Gasteiger partial charge is 0.492 e. The Hall–Kier alpha value is -2.93. The lowest BCUT2D eigenvalue weighted by atomic mass is 10.2. The van der Waals surface area contributed by atoms with Gasteiger partial charge in [0.05, 0.1) is 24.9 Å². The first-order valence-corrected chi connectivity index (χ1v) is 14.7. The molecule has 4 aromatic rings. The molecule has 0 radical (unpaired) electrons. The van der Waals surface area contributed by atoms with E-state index in [2.05, 4.69) is 30.7 Å². The number of alkyl halides is 2. The van der Waals surface area contributed by atoms with Gasteiger partial charge < -0.3 is 15.4 Å². The van der Waals surface area contributed by atoms with E-state index < -0.39 is 6.43 Å². The van der Waals surface area contributed by atoms with Gasteiger partial charge in [-0.05, 0) is 53.9 Å². The number of hydrogen-bond acceptors (Lipinski definition) is 7. The van der Waals surface area contributed by atoms with Crippen LogP contribution >= 0.6 is 28.4 Å². The number of anilines is 3. The maximum atomic E-state index is 13.8. The zero-order chi connectivity index (χ0) is 24.7. The van der Waals surface area contributed by atoms with Crippen molar-refractivity contribution in [2.75, 3.05) is 17.7 Å². The highest BCUT2D eigenvalue weighted by molar-refractivity contribution is 14.2. The minimum Gasteiger partial charge on any atom is -0.492 e. The number of pyridine rings is 1. The summed E-state index contributed by atoms with van der Waals surface area (Å²) < 4.78 is 36.1. The van der Waals surface area contributed by atoms with Gasteiger partial charge in [0.15, 0.2) is 17.2 Å². The Morgan fingerprint density at radius 1 is 1.29 bits per heavy atom. The molecule has 10 nitrogen and oxygen atoms in total. The van der Waals surface area contributed by atoms with Gasteiger partial charge in [-0.25, -0.2) is 28.4 Å². The minimum atomic E-state index is -2.78. The fourth-order valence-electron chi connectivity index (χ4n) is 3.65. The van der Waals surface area contributed by atoms with Crippen LogP contribution in [0, 0.1) is 12.8 Å². The molecule has 0 aliphatic heterocycles. The number of fused-ring (bicyclic) bond motifs is 1. The van der Waals surface area contributed by atoms with Gasteiger partial charge in [0, 0.05) is 12.0 Å². The third kappa shape index (κ3) is 4.66. The number of amides is 1. The van der Waals surface area contributed by atoms with E-state index in [0.29, 0.717) is 28.6 Å². The number of methoxy groups -OCH3 is 1. The summed E-state index contributed by atoms with van der Waals surface area (Å²) in [6.07, 6.45) is 0.389. The first-order chi connectivity index (χ1) is 16.9. The first kappa shape index (κ1) is 23.8. The molecule has 1 aliphatic rings. The first-order valence-electron chi connectivity index (χ1n) is 10.6. The average Bonchev–Trinajstić information content (AvgIpc) is 3.50. The Morgan fingerprint density at radius 3 is 2.71 bits per heavy atom. The molecule has 35 heavy (non-hydrogen) atoms. The van der Waals surface area contributed by atoms with Crippen LogP contribution in [0.3, 0.4) is 0 Å². The van der Waals surface area contributed by atoms with E-state index in [4.69, 9.17) is 4.74 Å². The van der Waals surface area contributed by atoms with Gasteiger partial charge >= 0.3 is 0 Å². The van der Waals surface area contributed by atoms with Gasteiger partial charge in [-0.15, -0.1) is 0 Å². The number of aromatic nitrogens is 6.